The number of benzene rings is 2. The lowest BCUT2D eigenvalue weighted by atomic mass is 10.2. The molecule has 3 rings (SSSR count). The maximum atomic E-state index is 12.5. The minimum absolute atomic E-state index is 0.0956. The summed E-state index contributed by atoms with van der Waals surface area (Å²) in [5, 5.41) is 3.12. The zero-order valence-corrected chi connectivity index (χ0v) is 17.2. The summed E-state index contributed by atoms with van der Waals surface area (Å²) in [6, 6.07) is 10.6. The summed E-state index contributed by atoms with van der Waals surface area (Å²) in [5.41, 5.74) is 0.672. The first-order chi connectivity index (χ1) is 13.4. The van der Waals surface area contributed by atoms with Crippen LogP contribution in [0.4, 0.5) is 5.69 Å². The van der Waals surface area contributed by atoms with Gasteiger partial charge in [0.15, 0.2) is 0 Å². The fourth-order valence-corrected chi connectivity index (χ4v) is 4.24. The van der Waals surface area contributed by atoms with Gasteiger partial charge < -0.3 is 5.32 Å². The number of amides is 1. The van der Waals surface area contributed by atoms with E-state index in [4.69, 9.17) is 23.2 Å². The molecule has 0 unspecified atom stereocenters. The molecule has 0 saturated heterocycles. The summed E-state index contributed by atoms with van der Waals surface area (Å²) in [4.78, 5) is 16.7. The van der Waals surface area contributed by atoms with Crippen LogP contribution < -0.4 is 10.0 Å². The van der Waals surface area contributed by atoms with E-state index in [2.05, 4.69) is 15.0 Å². The van der Waals surface area contributed by atoms with Crippen molar-refractivity contribution in [3.05, 3.63) is 58.1 Å². The predicted octanol–water partition coefficient (Wildman–Crippen LogP) is 4.50. The Morgan fingerprint density at radius 2 is 1.75 bits per heavy atom. The first-order valence-corrected chi connectivity index (χ1v) is 11.0. The molecule has 2 N–H and O–H groups in total. The first kappa shape index (κ1) is 20.6. The van der Waals surface area contributed by atoms with Gasteiger partial charge in [0.05, 0.1) is 20.5 Å². The van der Waals surface area contributed by atoms with Crippen molar-refractivity contribution in [2.45, 2.75) is 30.6 Å². The van der Waals surface area contributed by atoms with Gasteiger partial charge in [-0.2, -0.15) is 0 Å². The van der Waals surface area contributed by atoms with E-state index >= 15 is 0 Å². The molecule has 1 aliphatic rings. The van der Waals surface area contributed by atoms with Gasteiger partial charge in [-0.1, -0.05) is 35.7 Å². The predicted molar refractivity (Wildman–Crippen MR) is 112 cm³/mol. The highest BCUT2D eigenvalue weighted by molar-refractivity contribution is 7.90. The molecule has 148 valence electrons. The number of anilines is 1. The maximum Gasteiger partial charge on any atom is 0.262 e. The SMILES string of the molecule is O=C(Nc1ccc(S(=O)(=O)NC2=NCCCCC2)cc1)c1cccc(Cl)c1Cl. The molecule has 0 aromatic heterocycles. The van der Waals surface area contributed by atoms with Crippen LogP contribution in [0.3, 0.4) is 0 Å². The molecular formula is C19H19Cl2N3O3S. The van der Waals surface area contributed by atoms with Crippen molar-refractivity contribution in [3.8, 4) is 0 Å². The van der Waals surface area contributed by atoms with Gasteiger partial charge >= 0.3 is 0 Å². The van der Waals surface area contributed by atoms with Gasteiger partial charge in [0, 0.05) is 18.7 Å². The third kappa shape index (κ3) is 5.04. The van der Waals surface area contributed by atoms with E-state index in [0.717, 1.165) is 19.3 Å². The fraction of sp³-hybridized carbons (Fsp3) is 0.263. The highest BCUT2D eigenvalue weighted by Gasteiger charge is 2.18. The summed E-state index contributed by atoms with van der Waals surface area (Å²) in [6.07, 6.45) is 3.54. The molecule has 1 amide bonds. The molecule has 0 bridgehead atoms. The number of carbonyl (C=O) groups excluding carboxylic acids is 1. The number of hydrogen-bond donors (Lipinski definition) is 2. The molecule has 1 heterocycles. The summed E-state index contributed by atoms with van der Waals surface area (Å²) in [7, 11) is -3.72. The van der Waals surface area contributed by atoms with E-state index in [9.17, 15) is 13.2 Å². The number of amidine groups is 1. The Labute approximate surface area is 174 Å². The minimum Gasteiger partial charge on any atom is -0.322 e. The monoisotopic (exact) mass is 439 g/mol. The van der Waals surface area contributed by atoms with E-state index < -0.39 is 15.9 Å². The Balaban J connectivity index is 1.71. The molecule has 0 fully saturated rings. The highest BCUT2D eigenvalue weighted by Crippen LogP contribution is 2.26. The zero-order valence-electron chi connectivity index (χ0n) is 14.9. The number of carbonyl (C=O) groups is 1. The van der Waals surface area contributed by atoms with Crippen LogP contribution in [0.2, 0.25) is 10.0 Å². The highest BCUT2D eigenvalue weighted by atomic mass is 35.5. The average Bonchev–Trinajstić information content (AvgIpc) is 2.92. The Morgan fingerprint density at radius 3 is 2.50 bits per heavy atom. The molecule has 2 aromatic rings. The first-order valence-electron chi connectivity index (χ1n) is 8.78. The molecular weight excluding hydrogens is 421 g/mol. The van der Waals surface area contributed by atoms with E-state index in [1.54, 1.807) is 18.2 Å². The van der Waals surface area contributed by atoms with Crippen molar-refractivity contribution in [2.24, 2.45) is 4.99 Å². The van der Waals surface area contributed by atoms with Crippen molar-refractivity contribution >= 4 is 50.7 Å². The van der Waals surface area contributed by atoms with Crippen LogP contribution in [0, 0.1) is 0 Å². The van der Waals surface area contributed by atoms with E-state index in [0.29, 0.717) is 24.5 Å². The molecule has 28 heavy (non-hydrogen) atoms. The standard InChI is InChI=1S/C19H19Cl2N3O3S/c20-16-6-4-5-15(18(16)21)19(25)23-13-8-10-14(11-9-13)28(26,27)24-17-7-2-1-3-12-22-17/h4-6,8-11H,1-3,7,12H2,(H,22,24)(H,23,25). The summed E-state index contributed by atoms with van der Waals surface area (Å²) < 4.78 is 27.6. The van der Waals surface area contributed by atoms with Gasteiger partial charge in [-0.05, 0) is 49.2 Å². The number of hydrogen-bond acceptors (Lipinski definition) is 4. The Hall–Kier alpha value is -2.09. The molecule has 0 saturated carbocycles. The number of halogens is 2. The molecule has 0 aliphatic carbocycles. The number of sulfonamides is 1. The summed E-state index contributed by atoms with van der Waals surface area (Å²) >= 11 is 12.0. The van der Waals surface area contributed by atoms with Crippen LogP contribution in [-0.4, -0.2) is 26.7 Å². The van der Waals surface area contributed by atoms with Crippen molar-refractivity contribution in [1.29, 1.82) is 0 Å². The second-order valence-electron chi connectivity index (χ2n) is 6.32. The maximum absolute atomic E-state index is 12.5. The molecule has 0 spiro atoms. The van der Waals surface area contributed by atoms with E-state index in [-0.39, 0.29) is 20.5 Å². The lowest BCUT2D eigenvalue weighted by Gasteiger charge is -2.11. The number of nitrogens with zero attached hydrogens (tertiary/aromatic N) is 1. The Morgan fingerprint density at radius 1 is 1.00 bits per heavy atom. The number of nitrogens with one attached hydrogen (secondary N) is 2. The van der Waals surface area contributed by atoms with Gasteiger partial charge in [-0.15, -0.1) is 0 Å². The van der Waals surface area contributed by atoms with Crippen LogP contribution >= 0.6 is 23.2 Å². The topological polar surface area (TPSA) is 87.6 Å². The lowest BCUT2D eigenvalue weighted by molar-refractivity contribution is 0.102. The van der Waals surface area contributed by atoms with E-state index in [1.165, 1.54) is 24.3 Å². The van der Waals surface area contributed by atoms with Crippen molar-refractivity contribution < 1.29 is 13.2 Å². The quantitative estimate of drug-likeness (QED) is 0.734. The average molecular weight is 440 g/mol. The zero-order chi connectivity index (χ0) is 20.1. The molecule has 9 heteroatoms. The molecule has 0 radical (unpaired) electrons. The molecule has 2 aromatic carbocycles. The van der Waals surface area contributed by atoms with Crippen molar-refractivity contribution in [2.75, 3.05) is 11.9 Å². The second kappa shape index (κ2) is 8.94. The van der Waals surface area contributed by atoms with Crippen LogP contribution in [0.1, 0.15) is 36.0 Å². The molecule has 0 atom stereocenters. The Kier molecular flexibility index (Phi) is 6.59. The van der Waals surface area contributed by atoms with Gasteiger partial charge in [0.1, 0.15) is 5.84 Å². The number of rotatable bonds is 4. The summed E-state index contributed by atoms with van der Waals surface area (Å²) in [5.74, 6) is 0.0551. The summed E-state index contributed by atoms with van der Waals surface area (Å²) in [6.45, 7) is 0.634. The largest absolute Gasteiger partial charge is 0.322 e. The second-order valence-corrected chi connectivity index (χ2v) is 8.79. The van der Waals surface area contributed by atoms with Crippen molar-refractivity contribution in [3.63, 3.8) is 0 Å². The van der Waals surface area contributed by atoms with Crippen LogP contribution in [-0.2, 0) is 10.0 Å². The molecule has 1 aliphatic heterocycles. The van der Waals surface area contributed by atoms with Crippen LogP contribution in [0.15, 0.2) is 52.4 Å². The lowest BCUT2D eigenvalue weighted by Crippen LogP contribution is -2.30. The van der Waals surface area contributed by atoms with Gasteiger partial charge in [0.25, 0.3) is 15.9 Å². The van der Waals surface area contributed by atoms with Gasteiger partial charge in [-0.25, -0.2) is 8.42 Å². The van der Waals surface area contributed by atoms with Crippen molar-refractivity contribution in [1.82, 2.24) is 4.72 Å². The van der Waals surface area contributed by atoms with Gasteiger partial charge in [0.2, 0.25) is 0 Å². The number of aliphatic imine (C=N–C) groups is 1. The third-order valence-electron chi connectivity index (χ3n) is 4.25. The van der Waals surface area contributed by atoms with Crippen LogP contribution in [0.5, 0.6) is 0 Å². The smallest absolute Gasteiger partial charge is 0.262 e. The third-order valence-corrected chi connectivity index (χ3v) is 6.46. The Bertz CT molecular complexity index is 1010. The normalized spacial score (nSPS) is 14.7. The fourth-order valence-electron chi connectivity index (χ4n) is 2.77. The minimum atomic E-state index is -3.72. The van der Waals surface area contributed by atoms with Crippen LogP contribution in [0.25, 0.3) is 0 Å². The molecule has 6 nitrogen and oxygen atoms in total. The van der Waals surface area contributed by atoms with E-state index in [1.807, 2.05) is 0 Å². The van der Waals surface area contributed by atoms with Gasteiger partial charge in [-0.3, -0.25) is 14.5 Å².